The van der Waals surface area contributed by atoms with Crippen molar-refractivity contribution < 1.29 is 9.59 Å². The van der Waals surface area contributed by atoms with E-state index in [1.54, 1.807) is 30.7 Å². The lowest BCUT2D eigenvalue weighted by molar-refractivity contribution is -0.113. The number of aromatic nitrogens is 3. The molecule has 168 valence electrons. The Morgan fingerprint density at radius 1 is 1.09 bits per heavy atom. The highest BCUT2D eigenvalue weighted by Gasteiger charge is 2.19. The normalized spacial score (nSPS) is 11.8. The van der Waals surface area contributed by atoms with E-state index in [1.807, 2.05) is 32.0 Å². The van der Waals surface area contributed by atoms with E-state index < -0.39 is 6.04 Å². The van der Waals surface area contributed by atoms with Gasteiger partial charge in [0.25, 0.3) is 5.91 Å². The number of hydrogen-bond acceptors (Lipinski definition) is 5. The average Bonchev–Trinajstić information content (AvgIpc) is 3.11. The molecule has 0 aliphatic carbocycles. The maximum Gasteiger partial charge on any atom is 0.251 e. The van der Waals surface area contributed by atoms with Gasteiger partial charge in [-0.3, -0.25) is 9.59 Å². The average molecular weight is 492 g/mol. The second kappa shape index (κ2) is 10.4. The third-order valence-electron chi connectivity index (χ3n) is 4.77. The monoisotopic (exact) mass is 491 g/mol. The van der Waals surface area contributed by atoms with Gasteiger partial charge in [0.1, 0.15) is 0 Å². The molecule has 3 aromatic rings. The second-order valence-electron chi connectivity index (χ2n) is 7.38. The zero-order valence-electron chi connectivity index (χ0n) is 18.1. The van der Waals surface area contributed by atoms with Crippen LogP contribution in [0.1, 0.15) is 40.3 Å². The molecule has 2 aromatic carbocycles. The van der Waals surface area contributed by atoms with Crippen molar-refractivity contribution in [2.45, 2.75) is 32.0 Å². The van der Waals surface area contributed by atoms with E-state index in [0.717, 1.165) is 16.8 Å². The number of carbonyl (C=O) groups is 2. The summed E-state index contributed by atoms with van der Waals surface area (Å²) in [5.74, 6) is 0.313. The molecule has 0 spiro atoms. The number of carbonyl (C=O) groups excluding carboxylic acids is 2. The molecule has 3 rings (SSSR count). The predicted octanol–water partition coefficient (Wildman–Crippen LogP) is 4.96. The highest BCUT2D eigenvalue weighted by Crippen LogP contribution is 2.24. The third-order valence-corrected chi connectivity index (χ3v) is 6.53. The minimum absolute atomic E-state index is 0.132. The van der Waals surface area contributed by atoms with Crippen molar-refractivity contribution in [3.8, 4) is 0 Å². The van der Waals surface area contributed by atoms with Crippen molar-refractivity contribution in [3.05, 3.63) is 69.0 Å². The minimum Gasteiger partial charge on any atom is -0.342 e. The van der Waals surface area contributed by atoms with E-state index >= 15 is 0 Å². The molecule has 1 atom stereocenters. The summed E-state index contributed by atoms with van der Waals surface area (Å²) in [6, 6.07) is 10.1. The van der Waals surface area contributed by atoms with Crippen molar-refractivity contribution in [2.75, 3.05) is 11.1 Å². The van der Waals surface area contributed by atoms with Gasteiger partial charge in [-0.15, -0.1) is 10.2 Å². The topological polar surface area (TPSA) is 88.9 Å². The fourth-order valence-corrected chi connectivity index (χ4v) is 4.10. The Morgan fingerprint density at radius 2 is 1.84 bits per heavy atom. The summed E-state index contributed by atoms with van der Waals surface area (Å²) >= 11 is 13.2. The summed E-state index contributed by atoms with van der Waals surface area (Å²) in [4.78, 5) is 24.9. The van der Waals surface area contributed by atoms with Crippen LogP contribution in [-0.2, 0) is 11.8 Å². The Bertz CT molecular complexity index is 1170. The summed E-state index contributed by atoms with van der Waals surface area (Å²) in [6.07, 6.45) is 0. The Hall–Kier alpha value is -2.55. The van der Waals surface area contributed by atoms with Gasteiger partial charge in [-0.05, 0) is 50.6 Å². The molecule has 10 heteroatoms. The third kappa shape index (κ3) is 5.82. The van der Waals surface area contributed by atoms with Crippen molar-refractivity contribution in [3.63, 3.8) is 0 Å². The van der Waals surface area contributed by atoms with Crippen molar-refractivity contribution in [1.82, 2.24) is 20.1 Å². The van der Waals surface area contributed by atoms with Gasteiger partial charge in [0.15, 0.2) is 11.0 Å². The van der Waals surface area contributed by atoms with E-state index in [2.05, 4.69) is 20.8 Å². The molecule has 2 amide bonds. The summed E-state index contributed by atoms with van der Waals surface area (Å²) in [5, 5.41) is 15.4. The number of nitrogens with zero attached hydrogens (tertiary/aromatic N) is 3. The number of anilines is 1. The summed E-state index contributed by atoms with van der Waals surface area (Å²) in [7, 11) is 1.79. The number of amides is 2. The number of thioether (sulfide) groups is 1. The van der Waals surface area contributed by atoms with Crippen LogP contribution in [0.25, 0.3) is 0 Å². The molecule has 32 heavy (non-hydrogen) atoms. The van der Waals surface area contributed by atoms with Crippen LogP contribution in [0.2, 0.25) is 10.0 Å². The van der Waals surface area contributed by atoms with Crippen LogP contribution in [0.4, 0.5) is 5.69 Å². The standard InChI is InChI=1S/C22H23Cl2N5O2S/c1-12-5-8-18(13(2)9-12)26-19(30)11-32-22-28-27-20(29(22)4)14(3)25-21(31)15-6-7-16(23)17(24)10-15/h5-10,14H,11H2,1-4H3,(H,25,31)(H,26,30)/t14-/m0/s1. The van der Waals surface area contributed by atoms with Gasteiger partial charge < -0.3 is 15.2 Å². The fraction of sp³-hybridized carbons (Fsp3) is 0.273. The molecule has 1 aromatic heterocycles. The quantitative estimate of drug-likeness (QED) is 0.455. The first kappa shape index (κ1) is 24.1. The van der Waals surface area contributed by atoms with Crippen LogP contribution in [0.5, 0.6) is 0 Å². The first-order valence-electron chi connectivity index (χ1n) is 9.80. The zero-order chi connectivity index (χ0) is 23.4. The van der Waals surface area contributed by atoms with E-state index in [0.29, 0.717) is 26.6 Å². The number of halogens is 2. The van der Waals surface area contributed by atoms with Crippen LogP contribution in [-0.4, -0.2) is 32.3 Å². The molecular formula is C22H23Cl2N5O2S. The largest absolute Gasteiger partial charge is 0.342 e. The van der Waals surface area contributed by atoms with Gasteiger partial charge in [0.05, 0.1) is 21.8 Å². The summed E-state index contributed by atoms with van der Waals surface area (Å²) in [5.41, 5.74) is 3.34. The fourth-order valence-electron chi connectivity index (χ4n) is 3.08. The maximum absolute atomic E-state index is 12.5. The van der Waals surface area contributed by atoms with E-state index in [1.165, 1.54) is 17.8 Å². The molecule has 0 fully saturated rings. The Morgan fingerprint density at radius 3 is 2.53 bits per heavy atom. The van der Waals surface area contributed by atoms with Crippen molar-refractivity contribution in [2.24, 2.45) is 7.05 Å². The number of nitrogens with one attached hydrogen (secondary N) is 2. The Balaban J connectivity index is 1.59. The van der Waals surface area contributed by atoms with Crippen LogP contribution in [0, 0.1) is 13.8 Å². The van der Waals surface area contributed by atoms with Gasteiger partial charge >= 0.3 is 0 Å². The lowest BCUT2D eigenvalue weighted by Gasteiger charge is -2.14. The number of hydrogen-bond donors (Lipinski definition) is 2. The summed E-state index contributed by atoms with van der Waals surface area (Å²) in [6.45, 7) is 5.77. The Kier molecular flexibility index (Phi) is 7.82. The van der Waals surface area contributed by atoms with Gasteiger partial charge in [-0.25, -0.2) is 0 Å². The molecule has 0 saturated carbocycles. The van der Waals surface area contributed by atoms with Crippen LogP contribution in [0.15, 0.2) is 41.6 Å². The van der Waals surface area contributed by atoms with E-state index in [9.17, 15) is 9.59 Å². The molecule has 1 heterocycles. The maximum atomic E-state index is 12.5. The number of aryl methyl sites for hydroxylation is 2. The van der Waals surface area contributed by atoms with Gasteiger partial charge in [-0.2, -0.15) is 0 Å². The molecule has 0 radical (unpaired) electrons. The number of benzene rings is 2. The van der Waals surface area contributed by atoms with Crippen LogP contribution >= 0.6 is 35.0 Å². The first-order chi connectivity index (χ1) is 15.2. The van der Waals surface area contributed by atoms with Crippen LogP contribution < -0.4 is 10.6 Å². The molecule has 0 aliphatic heterocycles. The molecule has 2 N–H and O–H groups in total. The van der Waals surface area contributed by atoms with Crippen molar-refractivity contribution >= 4 is 52.5 Å². The predicted molar refractivity (Wildman–Crippen MR) is 129 cm³/mol. The van der Waals surface area contributed by atoms with Gasteiger partial charge in [-0.1, -0.05) is 52.7 Å². The van der Waals surface area contributed by atoms with Gasteiger partial charge in [0.2, 0.25) is 5.91 Å². The molecule has 0 aliphatic rings. The van der Waals surface area contributed by atoms with Gasteiger partial charge in [0, 0.05) is 18.3 Å². The lowest BCUT2D eigenvalue weighted by atomic mass is 10.1. The summed E-state index contributed by atoms with van der Waals surface area (Å²) < 4.78 is 1.76. The first-order valence-corrected chi connectivity index (χ1v) is 11.5. The highest BCUT2D eigenvalue weighted by molar-refractivity contribution is 7.99. The van der Waals surface area contributed by atoms with Crippen LogP contribution in [0.3, 0.4) is 0 Å². The Labute approximate surface area is 200 Å². The van der Waals surface area contributed by atoms with E-state index in [4.69, 9.17) is 23.2 Å². The smallest absolute Gasteiger partial charge is 0.251 e. The lowest BCUT2D eigenvalue weighted by Crippen LogP contribution is -2.28. The zero-order valence-corrected chi connectivity index (χ0v) is 20.4. The van der Waals surface area contributed by atoms with E-state index in [-0.39, 0.29) is 17.6 Å². The molecule has 0 saturated heterocycles. The van der Waals surface area contributed by atoms with Crippen molar-refractivity contribution in [1.29, 1.82) is 0 Å². The SMILES string of the molecule is Cc1ccc(NC(=O)CSc2nnc([C@H](C)NC(=O)c3ccc(Cl)c(Cl)c3)n2C)c(C)c1. The highest BCUT2D eigenvalue weighted by atomic mass is 35.5. The molecular weight excluding hydrogens is 469 g/mol. The molecule has 7 nitrogen and oxygen atoms in total. The number of rotatable bonds is 7. The molecule has 0 unspecified atom stereocenters. The second-order valence-corrected chi connectivity index (χ2v) is 9.14. The minimum atomic E-state index is -0.409. The molecule has 0 bridgehead atoms.